The molecule has 10 heteroatoms. The highest BCUT2D eigenvalue weighted by molar-refractivity contribution is 6.31. The number of hydrogen-bond donors (Lipinski definition) is 2. The van der Waals surface area contributed by atoms with Crippen molar-refractivity contribution in [1.82, 2.24) is 4.90 Å². The number of ether oxygens (including phenoxy) is 2. The van der Waals surface area contributed by atoms with Crippen LogP contribution in [0.15, 0.2) is 30.3 Å². The Balaban J connectivity index is 1.07. The van der Waals surface area contributed by atoms with E-state index in [0.29, 0.717) is 55.2 Å². The molecule has 6 rings (SSSR count). The predicted molar refractivity (Wildman–Crippen MR) is 136 cm³/mol. The Kier molecular flexibility index (Phi) is 5.85. The second-order valence-corrected chi connectivity index (χ2v) is 11.2. The number of anilines is 2. The molecule has 0 unspecified atom stereocenters. The van der Waals surface area contributed by atoms with Crippen LogP contribution in [0.2, 0.25) is 5.02 Å². The zero-order chi connectivity index (χ0) is 25.9. The molecule has 0 bridgehead atoms. The zero-order valence-electron chi connectivity index (χ0n) is 20.6. The van der Waals surface area contributed by atoms with Gasteiger partial charge in [0.2, 0.25) is 5.91 Å². The van der Waals surface area contributed by atoms with Crippen molar-refractivity contribution in [3.63, 3.8) is 0 Å². The topological polar surface area (TPSA) is 91.3 Å². The number of aliphatic hydroxyl groups is 1. The maximum absolute atomic E-state index is 15.2. The van der Waals surface area contributed by atoms with E-state index in [0.717, 1.165) is 24.3 Å². The van der Waals surface area contributed by atoms with Crippen molar-refractivity contribution in [3.8, 4) is 5.75 Å². The monoisotopic (exact) mass is 529 g/mol. The van der Waals surface area contributed by atoms with Gasteiger partial charge in [0.15, 0.2) is 5.82 Å². The Morgan fingerprint density at radius 3 is 2.70 bits per heavy atom. The second-order valence-electron chi connectivity index (χ2n) is 10.8. The van der Waals surface area contributed by atoms with E-state index in [2.05, 4.69) is 10.2 Å². The third-order valence-electron chi connectivity index (χ3n) is 8.19. The van der Waals surface area contributed by atoms with Gasteiger partial charge in [-0.3, -0.25) is 14.6 Å². The normalized spacial score (nSPS) is 26.3. The van der Waals surface area contributed by atoms with Crippen molar-refractivity contribution in [2.45, 2.75) is 56.3 Å². The molecular formula is C27H29ClFN3O5. The van der Waals surface area contributed by atoms with Crippen LogP contribution in [0.1, 0.15) is 43.7 Å². The molecule has 2 N–H and O–H groups in total. The molecule has 3 aliphatic heterocycles. The molecule has 3 heterocycles. The molecule has 0 atom stereocenters. The molecule has 4 aliphatic rings. The number of nitrogens with zero attached hydrogens (tertiary/aromatic N) is 2. The van der Waals surface area contributed by atoms with Gasteiger partial charge in [-0.2, -0.15) is 0 Å². The molecule has 2 aromatic rings. The first kappa shape index (κ1) is 24.5. The number of benzene rings is 2. The quantitative estimate of drug-likeness (QED) is 0.603. The third-order valence-corrected chi connectivity index (χ3v) is 8.42. The predicted octanol–water partition coefficient (Wildman–Crippen LogP) is 4.21. The largest absolute Gasteiger partial charge is 0.492 e. The van der Waals surface area contributed by atoms with E-state index >= 15 is 4.39 Å². The van der Waals surface area contributed by atoms with E-state index < -0.39 is 22.9 Å². The molecule has 2 fully saturated rings. The minimum atomic E-state index is -0.853. The fourth-order valence-corrected chi connectivity index (χ4v) is 6.37. The molecule has 1 saturated heterocycles. The maximum atomic E-state index is 15.2. The Bertz CT molecular complexity index is 1270. The van der Waals surface area contributed by atoms with E-state index in [1.165, 1.54) is 11.0 Å². The average Bonchev–Trinajstić information content (AvgIpc) is 3.09. The molecule has 37 heavy (non-hydrogen) atoms. The van der Waals surface area contributed by atoms with Crippen molar-refractivity contribution in [3.05, 3.63) is 52.3 Å². The van der Waals surface area contributed by atoms with Crippen molar-refractivity contribution in [2.24, 2.45) is 0 Å². The number of amides is 2. The number of rotatable bonds is 5. The number of cyclic esters (lactones) is 1. The lowest BCUT2D eigenvalue weighted by Crippen LogP contribution is -2.57. The summed E-state index contributed by atoms with van der Waals surface area (Å²) in [6, 6.07) is 8.26. The minimum absolute atomic E-state index is 0.0241. The molecule has 2 aromatic carbocycles. The van der Waals surface area contributed by atoms with Crippen LogP contribution in [0.3, 0.4) is 0 Å². The summed E-state index contributed by atoms with van der Waals surface area (Å²) in [7, 11) is 0. The average molecular weight is 530 g/mol. The standard InChI is InChI=1S/C27H29ClFN3O5/c1-26(35)13-18(14-26)32-23-16(15-37-25(32)34)10-19(12-21(23)29)36-9-8-31-6-4-27(5-7-31)20-11-17(28)2-3-22(20)30-24(27)33/h2-3,10-12,18,35H,4-9,13-15H2,1H3,(H,30,33). The number of likely N-dealkylation sites (tertiary alicyclic amines) is 1. The summed E-state index contributed by atoms with van der Waals surface area (Å²) in [4.78, 5) is 28.8. The first-order chi connectivity index (χ1) is 17.6. The highest BCUT2D eigenvalue weighted by atomic mass is 35.5. The Labute approximate surface area is 219 Å². The number of nitrogens with one attached hydrogen (secondary N) is 1. The van der Waals surface area contributed by atoms with Gasteiger partial charge in [0, 0.05) is 34.9 Å². The van der Waals surface area contributed by atoms with Gasteiger partial charge >= 0.3 is 6.09 Å². The molecule has 1 saturated carbocycles. The first-order valence-corrected chi connectivity index (χ1v) is 13.0. The number of piperidine rings is 1. The van der Waals surface area contributed by atoms with E-state index in [4.69, 9.17) is 21.1 Å². The SMILES string of the molecule is CC1(O)CC(N2C(=O)OCc3cc(OCCN4CCC5(CC4)C(=O)Nc4ccc(Cl)cc45)cc(F)c32)C1. The number of carbonyl (C=O) groups excluding carboxylic acids is 2. The van der Waals surface area contributed by atoms with Gasteiger partial charge in [-0.15, -0.1) is 0 Å². The number of carbonyl (C=O) groups is 2. The lowest BCUT2D eigenvalue weighted by atomic mass is 9.73. The van der Waals surface area contributed by atoms with Crippen LogP contribution in [0.25, 0.3) is 0 Å². The van der Waals surface area contributed by atoms with Gasteiger partial charge in [0.1, 0.15) is 19.0 Å². The number of fused-ring (bicyclic) bond motifs is 3. The van der Waals surface area contributed by atoms with Gasteiger partial charge in [-0.1, -0.05) is 11.6 Å². The van der Waals surface area contributed by atoms with Crippen molar-refractivity contribution in [1.29, 1.82) is 0 Å². The van der Waals surface area contributed by atoms with Gasteiger partial charge < -0.3 is 19.9 Å². The van der Waals surface area contributed by atoms with Crippen molar-refractivity contribution >= 4 is 35.0 Å². The van der Waals surface area contributed by atoms with Gasteiger partial charge in [0.25, 0.3) is 0 Å². The molecule has 2 amide bonds. The molecule has 8 nitrogen and oxygen atoms in total. The van der Waals surface area contributed by atoms with Crippen molar-refractivity contribution < 1.29 is 28.6 Å². The van der Waals surface area contributed by atoms with Crippen LogP contribution in [-0.2, 0) is 21.6 Å². The van der Waals surface area contributed by atoms with E-state index in [1.807, 2.05) is 12.1 Å². The molecule has 0 aromatic heterocycles. The highest BCUT2D eigenvalue weighted by Gasteiger charge is 2.49. The van der Waals surface area contributed by atoms with E-state index in [9.17, 15) is 14.7 Å². The summed E-state index contributed by atoms with van der Waals surface area (Å²) in [5, 5.41) is 13.7. The van der Waals surface area contributed by atoms with E-state index in [-0.39, 0.29) is 24.2 Å². The van der Waals surface area contributed by atoms with Gasteiger partial charge in [-0.25, -0.2) is 9.18 Å². The van der Waals surface area contributed by atoms with Crippen LogP contribution < -0.4 is 15.0 Å². The summed E-state index contributed by atoms with van der Waals surface area (Å²) in [5.41, 5.74) is 1.18. The summed E-state index contributed by atoms with van der Waals surface area (Å²) >= 11 is 6.21. The molecule has 0 radical (unpaired) electrons. The van der Waals surface area contributed by atoms with Crippen LogP contribution in [0.4, 0.5) is 20.6 Å². The smallest absolute Gasteiger partial charge is 0.414 e. The Hall–Kier alpha value is -2.88. The Morgan fingerprint density at radius 1 is 1.22 bits per heavy atom. The second kappa shape index (κ2) is 8.85. The fourth-order valence-electron chi connectivity index (χ4n) is 6.19. The minimum Gasteiger partial charge on any atom is -0.492 e. The lowest BCUT2D eigenvalue weighted by molar-refractivity contribution is -0.122. The highest BCUT2D eigenvalue weighted by Crippen LogP contribution is 2.46. The van der Waals surface area contributed by atoms with Crippen LogP contribution in [-0.4, -0.2) is 59.9 Å². The maximum Gasteiger partial charge on any atom is 0.414 e. The molecule has 1 spiro atoms. The van der Waals surface area contributed by atoms with Gasteiger partial charge in [-0.05, 0) is 75.5 Å². The third kappa shape index (κ3) is 4.23. The van der Waals surface area contributed by atoms with Crippen LogP contribution >= 0.6 is 11.6 Å². The summed E-state index contributed by atoms with van der Waals surface area (Å²) in [6.45, 7) is 4.14. The Morgan fingerprint density at radius 2 is 1.97 bits per heavy atom. The summed E-state index contributed by atoms with van der Waals surface area (Å²) in [5.74, 6) is -0.132. The molecule has 1 aliphatic carbocycles. The van der Waals surface area contributed by atoms with Crippen LogP contribution in [0.5, 0.6) is 5.75 Å². The molecule has 196 valence electrons. The number of hydrogen-bond acceptors (Lipinski definition) is 6. The lowest BCUT2D eigenvalue weighted by Gasteiger charge is -2.47. The summed E-state index contributed by atoms with van der Waals surface area (Å²) < 4.78 is 26.3. The zero-order valence-corrected chi connectivity index (χ0v) is 21.3. The van der Waals surface area contributed by atoms with Gasteiger partial charge in [0.05, 0.1) is 16.7 Å². The first-order valence-electron chi connectivity index (χ1n) is 12.6. The van der Waals surface area contributed by atoms with E-state index in [1.54, 1.807) is 19.1 Å². The fraction of sp³-hybridized carbons (Fsp3) is 0.481. The summed E-state index contributed by atoms with van der Waals surface area (Å²) in [6.07, 6.45) is 1.53. The van der Waals surface area contributed by atoms with Crippen LogP contribution in [0, 0.1) is 5.82 Å². The number of halogens is 2. The molecular weight excluding hydrogens is 501 g/mol. The van der Waals surface area contributed by atoms with Crippen molar-refractivity contribution in [2.75, 3.05) is 36.5 Å².